The summed E-state index contributed by atoms with van der Waals surface area (Å²) < 4.78 is 26.3. The average molecular weight is 522 g/mol. The van der Waals surface area contributed by atoms with Gasteiger partial charge in [-0.15, -0.1) is 0 Å². The molecule has 2 aromatic rings. The predicted octanol–water partition coefficient (Wildman–Crippen LogP) is 4.53. The SMILES string of the molecule is CC[C@H](C(=O)NC(C)C)N(Cc1ccccc1Cl)C(=O)CCCN(c1ccccc1C)S(C)(=O)=O. The van der Waals surface area contributed by atoms with Gasteiger partial charge in [-0.05, 0) is 56.9 Å². The highest BCUT2D eigenvalue weighted by atomic mass is 35.5. The van der Waals surface area contributed by atoms with E-state index in [4.69, 9.17) is 11.6 Å². The Balaban J connectivity index is 2.24. The second-order valence-electron chi connectivity index (χ2n) is 8.93. The lowest BCUT2D eigenvalue weighted by Gasteiger charge is -2.32. The molecule has 0 saturated heterocycles. The molecule has 0 heterocycles. The predicted molar refractivity (Wildman–Crippen MR) is 142 cm³/mol. The Morgan fingerprint density at radius 2 is 1.69 bits per heavy atom. The van der Waals surface area contributed by atoms with Crippen molar-refractivity contribution in [3.05, 3.63) is 64.7 Å². The van der Waals surface area contributed by atoms with Crippen molar-refractivity contribution in [2.24, 2.45) is 0 Å². The number of rotatable bonds is 12. The third kappa shape index (κ3) is 8.25. The molecule has 0 spiro atoms. The van der Waals surface area contributed by atoms with Crippen molar-refractivity contribution in [2.45, 2.75) is 65.6 Å². The normalized spacial score (nSPS) is 12.3. The minimum absolute atomic E-state index is 0.0637. The summed E-state index contributed by atoms with van der Waals surface area (Å²) >= 11 is 6.35. The van der Waals surface area contributed by atoms with Crippen LogP contribution in [0.1, 0.15) is 51.2 Å². The molecular formula is C26H36ClN3O4S. The van der Waals surface area contributed by atoms with Gasteiger partial charge >= 0.3 is 0 Å². The van der Waals surface area contributed by atoms with Crippen molar-refractivity contribution in [3.8, 4) is 0 Å². The highest BCUT2D eigenvalue weighted by molar-refractivity contribution is 7.92. The van der Waals surface area contributed by atoms with E-state index < -0.39 is 16.1 Å². The first-order valence-corrected chi connectivity index (χ1v) is 14.0. The highest BCUT2D eigenvalue weighted by Crippen LogP contribution is 2.24. The summed E-state index contributed by atoms with van der Waals surface area (Å²) in [5, 5.41) is 3.42. The van der Waals surface area contributed by atoms with Crippen LogP contribution in [0.4, 0.5) is 5.69 Å². The maximum absolute atomic E-state index is 13.4. The van der Waals surface area contributed by atoms with Crippen LogP contribution in [0, 0.1) is 6.92 Å². The van der Waals surface area contributed by atoms with E-state index in [2.05, 4.69) is 5.32 Å². The van der Waals surface area contributed by atoms with Crippen LogP contribution in [0.5, 0.6) is 0 Å². The van der Waals surface area contributed by atoms with Crippen molar-refractivity contribution in [1.29, 1.82) is 0 Å². The van der Waals surface area contributed by atoms with Crippen LogP contribution in [0.3, 0.4) is 0 Å². The topological polar surface area (TPSA) is 86.8 Å². The van der Waals surface area contributed by atoms with Gasteiger partial charge in [0.25, 0.3) is 0 Å². The van der Waals surface area contributed by atoms with E-state index >= 15 is 0 Å². The Hall–Kier alpha value is -2.58. The van der Waals surface area contributed by atoms with Gasteiger partial charge in [-0.2, -0.15) is 0 Å². The largest absolute Gasteiger partial charge is 0.352 e. The first kappa shape index (κ1) is 28.7. The number of carbonyl (C=O) groups is 2. The molecule has 2 rings (SSSR count). The highest BCUT2D eigenvalue weighted by Gasteiger charge is 2.29. The first-order valence-electron chi connectivity index (χ1n) is 11.8. The summed E-state index contributed by atoms with van der Waals surface area (Å²) in [4.78, 5) is 27.9. The van der Waals surface area contributed by atoms with Gasteiger partial charge in [-0.25, -0.2) is 8.42 Å². The molecule has 0 radical (unpaired) electrons. The van der Waals surface area contributed by atoms with E-state index in [9.17, 15) is 18.0 Å². The smallest absolute Gasteiger partial charge is 0.243 e. The van der Waals surface area contributed by atoms with Crippen LogP contribution in [-0.2, 0) is 26.2 Å². The lowest BCUT2D eigenvalue weighted by molar-refractivity contribution is -0.141. The van der Waals surface area contributed by atoms with E-state index in [0.29, 0.717) is 23.6 Å². The van der Waals surface area contributed by atoms with Crippen LogP contribution >= 0.6 is 11.6 Å². The van der Waals surface area contributed by atoms with Gasteiger partial charge in [0, 0.05) is 30.6 Å². The fourth-order valence-electron chi connectivity index (χ4n) is 3.94. The molecule has 0 aromatic heterocycles. The zero-order chi connectivity index (χ0) is 26.2. The van der Waals surface area contributed by atoms with Crippen LogP contribution in [0.15, 0.2) is 48.5 Å². The average Bonchev–Trinajstić information content (AvgIpc) is 2.77. The molecule has 2 aromatic carbocycles. The first-order chi connectivity index (χ1) is 16.5. The van der Waals surface area contributed by atoms with Crippen LogP contribution in [0.2, 0.25) is 5.02 Å². The fraction of sp³-hybridized carbons (Fsp3) is 0.462. The fourth-order valence-corrected chi connectivity index (χ4v) is 5.15. The Bertz CT molecular complexity index is 1120. The number of amides is 2. The summed E-state index contributed by atoms with van der Waals surface area (Å²) in [6.07, 6.45) is 2.00. The van der Waals surface area contributed by atoms with Crippen LogP contribution < -0.4 is 9.62 Å². The number of benzene rings is 2. The molecule has 35 heavy (non-hydrogen) atoms. The molecule has 0 saturated carbocycles. The molecule has 1 N–H and O–H groups in total. The van der Waals surface area contributed by atoms with E-state index in [1.165, 1.54) is 4.31 Å². The van der Waals surface area contributed by atoms with Gasteiger partial charge in [-0.3, -0.25) is 13.9 Å². The number of sulfonamides is 1. The van der Waals surface area contributed by atoms with Gasteiger partial charge in [0.05, 0.1) is 11.9 Å². The zero-order valence-corrected chi connectivity index (χ0v) is 22.7. The van der Waals surface area contributed by atoms with Crippen LogP contribution in [0.25, 0.3) is 0 Å². The molecule has 2 amide bonds. The Kier molecular flexibility index (Phi) is 10.6. The molecule has 0 aliphatic carbocycles. The standard InChI is InChI=1S/C26H36ClN3O4S/c1-6-23(26(32)28-19(2)3)29(18-21-13-8-9-14-22(21)27)25(31)16-11-17-30(35(5,33)34)24-15-10-7-12-20(24)4/h7-10,12-15,19,23H,6,11,16-18H2,1-5H3,(H,28,32)/t23-/m1/s1. The maximum Gasteiger partial charge on any atom is 0.243 e. The molecule has 9 heteroatoms. The third-order valence-corrected chi connectivity index (χ3v) is 7.20. The molecule has 0 fully saturated rings. The number of halogens is 1. The number of nitrogens with zero attached hydrogens (tertiary/aromatic N) is 2. The van der Waals surface area contributed by atoms with Gasteiger partial charge in [0.15, 0.2) is 0 Å². The Morgan fingerprint density at radius 1 is 1.06 bits per heavy atom. The zero-order valence-electron chi connectivity index (χ0n) is 21.1. The van der Waals surface area contributed by atoms with Gasteiger partial charge in [0.1, 0.15) is 6.04 Å². The molecule has 192 valence electrons. The molecule has 0 bridgehead atoms. The second-order valence-corrected chi connectivity index (χ2v) is 11.2. The van der Waals surface area contributed by atoms with Crippen molar-refractivity contribution in [1.82, 2.24) is 10.2 Å². The number of anilines is 1. The Labute approximate surface area is 214 Å². The van der Waals surface area contributed by atoms with Crippen molar-refractivity contribution in [2.75, 3.05) is 17.1 Å². The third-order valence-electron chi connectivity index (χ3n) is 5.65. The molecule has 7 nitrogen and oxygen atoms in total. The number of nitrogens with one attached hydrogen (secondary N) is 1. The van der Waals surface area contributed by atoms with Gasteiger partial charge < -0.3 is 10.2 Å². The summed E-state index contributed by atoms with van der Waals surface area (Å²) in [5.74, 6) is -0.450. The summed E-state index contributed by atoms with van der Waals surface area (Å²) in [6.45, 7) is 7.80. The van der Waals surface area contributed by atoms with Gasteiger partial charge in [0.2, 0.25) is 21.8 Å². The van der Waals surface area contributed by atoms with Crippen molar-refractivity contribution >= 4 is 39.1 Å². The second kappa shape index (κ2) is 12.9. The molecular weight excluding hydrogens is 486 g/mol. The number of para-hydroxylation sites is 1. The number of carbonyl (C=O) groups excluding carboxylic acids is 2. The number of aryl methyl sites for hydroxylation is 1. The summed E-state index contributed by atoms with van der Waals surface area (Å²) in [7, 11) is -3.53. The minimum atomic E-state index is -3.53. The number of hydrogen-bond donors (Lipinski definition) is 1. The van der Waals surface area contributed by atoms with Crippen molar-refractivity contribution in [3.63, 3.8) is 0 Å². The molecule has 0 aliphatic heterocycles. The van der Waals surface area contributed by atoms with E-state index in [1.807, 2.05) is 58.0 Å². The lowest BCUT2D eigenvalue weighted by atomic mass is 10.1. The summed E-state index contributed by atoms with van der Waals surface area (Å²) in [5.41, 5.74) is 2.18. The maximum atomic E-state index is 13.4. The van der Waals surface area contributed by atoms with Crippen LogP contribution in [-0.4, -0.2) is 50.0 Å². The van der Waals surface area contributed by atoms with E-state index in [0.717, 1.165) is 17.4 Å². The van der Waals surface area contributed by atoms with Gasteiger partial charge in [-0.1, -0.05) is 54.9 Å². The van der Waals surface area contributed by atoms with E-state index in [-0.39, 0.29) is 37.4 Å². The Morgan fingerprint density at radius 3 is 2.26 bits per heavy atom. The molecule has 1 atom stereocenters. The number of hydrogen-bond acceptors (Lipinski definition) is 4. The summed E-state index contributed by atoms with van der Waals surface area (Å²) in [6, 6.07) is 13.7. The minimum Gasteiger partial charge on any atom is -0.352 e. The van der Waals surface area contributed by atoms with E-state index in [1.54, 1.807) is 23.1 Å². The molecule has 0 aliphatic rings. The quantitative estimate of drug-likeness (QED) is 0.444. The van der Waals surface area contributed by atoms with Crippen molar-refractivity contribution < 1.29 is 18.0 Å². The monoisotopic (exact) mass is 521 g/mol. The lowest BCUT2D eigenvalue weighted by Crippen LogP contribution is -2.50. The molecule has 0 unspecified atom stereocenters.